The van der Waals surface area contributed by atoms with Gasteiger partial charge in [-0.2, -0.15) is 0 Å². The largest absolute Gasteiger partial charge is 0.465 e. The van der Waals surface area contributed by atoms with E-state index in [0.29, 0.717) is 16.7 Å². The summed E-state index contributed by atoms with van der Waals surface area (Å²) < 4.78 is 5.84. The maximum atomic E-state index is 11.8. The van der Waals surface area contributed by atoms with Crippen molar-refractivity contribution in [2.75, 3.05) is 12.3 Å². The molecule has 7 heteroatoms. The Morgan fingerprint density at radius 1 is 1.42 bits per heavy atom. The molecule has 19 heavy (non-hydrogen) atoms. The lowest BCUT2D eigenvalue weighted by Gasteiger charge is -2.09. The fourth-order valence-corrected chi connectivity index (χ4v) is 1.78. The number of aromatic nitrogens is 2. The van der Waals surface area contributed by atoms with Gasteiger partial charge in [-0.1, -0.05) is 0 Å². The number of esters is 1. The highest BCUT2D eigenvalue weighted by molar-refractivity contribution is 5.80. The molecule has 0 atom stereocenters. The van der Waals surface area contributed by atoms with Gasteiger partial charge in [0.1, 0.15) is 6.54 Å². The first-order chi connectivity index (χ1) is 9.02. The molecular weight excluding hydrogens is 250 g/mol. The van der Waals surface area contributed by atoms with Crippen LogP contribution in [0.15, 0.2) is 27.8 Å². The zero-order chi connectivity index (χ0) is 14.0. The van der Waals surface area contributed by atoms with Crippen molar-refractivity contribution in [2.24, 2.45) is 0 Å². The molecule has 1 aromatic carbocycles. The number of anilines is 1. The fraction of sp³-hybridized carbons (Fsp3) is 0.250. The number of aromatic amines is 1. The zero-order valence-electron chi connectivity index (χ0n) is 10.3. The molecule has 0 unspecified atom stereocenters. The van der Waals surface area contributed by atoms with Gasteiger partial charge in [0, 0.05) is 5.69 Å². The molecule has 1 aromatic heterocycles. The maximum absolute atomic E-state index is 11.8. The van der Waals surface area contributed by atoms with Crippen molar-refractivity contribution in [3.63, 3.8) is 0 Å². The van der Waals surface area contributed by atoms with E-state index >= 15 is 0 Å². The second-order valence-corrected chi connectivity index (χ2v) is 3.93. The average Bonchev–Trinajstić information content (AvgIpc) is 2.36. The summed E-state index contributed by atoms with van der Waals surface area (Å²) >= 11 is 0. The molecular formula is C12H13N3O4. The number of H-pyrrole nitrogens is 1. The van der Waals surface area contributed by atoms with E-state index in [1.807, 2.05) is 0 Å². The Bertz CT molecular complexity index is 745. The molecule has 0 radical (unpaired) electrons. The fourth-order valence-electron chi connectivity index (χ4n) is 1.78. The molecule has 7 nitrogen and oxygen atoms in total. The number of benzene rings is 1. The van der Waals surface area contributed by atoms with E-state index in [2.05, 4.69) is 4.98 Å². The number of fused-ring (bicyclic) bond motifs is 1. The molecule has 3 N–H and O–H groups in total. The smallest absolute Gasteiger partial charge is 0.326 e. The Morgan fingerprint density at radius 3 is 2.84 bits per heavy atom. The summed E-state index contributed by atoms with van der Waals surface area (Å²) in [5, 5.41) is 0. The van der Waals surface area contributed by atoms with Crippen molar-refractivity contribution in [3.8, 4) is 0 Å². The molecule has 0 aliphatic heterocycles. The number of carbonyl (C=O) groups excluding carboxylic acids is 1. The molecule has 0 fully saturated rings. The summed E-state index contributed by atoms with van der Waals surface area (Å²) in [5.74, 6) is -0.584. The first kappa shape index (κ1) is 12.9. The number of nitrogens with zero attached hydrogens (tertiary/aromatic N) is 1. The first-order valence-electron chi connectivity index (χ1n) is 5.71. The quantitative estimate of drug-likeness (QED) is 0.454. The molecule has 0 bridgehead atoms. The van der Waals surface area contributed by atoms with Gasteiger partial charge in [-0.25, -0.2) is 0 Å². The van der Waals surface area contributed by atoms with E-state index in [4.69, 9.17) is 10.5 Å². The van der Waals surface area contributed by atoms with Crippen molar-refractivity contribution in [3.05, 3.63) is 38.9 Å². The van der Waals surface area contributed by atoms with Crippen molar-refractivity contribution < 1.29 is 9.53 Å². The normalized spacial score (nSPS) is 10.6. The average molecular weight is 263 g/mol. The topological polar surface area (TPSA) is 107 Å². The lowest BCUT2D eigenvalue weighted by atomic mass is 10.2. The minimum absolute atomic E-state index is 0.205. The second kappa shape index (κ2) is 4.97. The van der Waals surface area contributed by atoms with E-state index in [-0.39, 0.29) is 13.2 Å². The molecule has 0 aliphatic rings. The third-order valence-electron chi connectivity index (χ3n) is 2.59. The van der Waals surface area contributed by atoms with Crippen LogP contribution in [0, 0.1) is 0 Å². The summed E-state index contributed by atoms with van der Waals surface area (Å²) in [6.07, 6.45) is 0. The zero-order valence-corrected chi connectivity index (χ0v) is 10.3. The van der Waals surface area contributed by atoms with Crippen LogP contribution in [0.25, 0.3) is 11.0 Å². The van der Waals surface area contributed by atoms with Crippen LogP contribution >= 0.6 is 0 Å². The Kier molecular flexibility index (Phi) is 3.37. The van der Waals surface area contributed by atoms with Crippen LogP contribution in [-0.4, -0.2) is 22.1 Å². The first-order valence-corrected chi connectivity index (χ1v) is 5.71. The van der Waals surface area contributed by atoms with Gasteiger partial charge in [0.15, 0.2) is 0 Å². The lowest BCUT2D eigenvalue weighted by molar-refractivity contribution is -0.143. The second-order valence-electron chi connectivity index (χ2n) is 3.93. The van der Waals surface area contributed by atoms with E-state index in [1.54, 1.807) is 19.1 Å². The number of nitrogens with one attached hydrogen (secondary N) is 1. The minimum Gasteiger partial charge on any atom is -0.465 e. The van der Waals surface area contributed by atoms with E-state index < -0.39 is 17.1 Å². The number of hydrogen-bond donors (Lipinski definition) is 2. The number of hydrogen-bond acceptors (Lipinski definition) is 5. The van der Waals surface area contributed by atoms with Crippen LogP contribution in [0.3, 0.4) is 0 Å². The number of ether oxygens (including phenoxy) is 1. The van der Waals surface area contributed by atoms with Crippen molar-refractivity contribution in [1.82, 2.24) is 9.55 Å². The van der Waals surface area contributed by atoms with Crippen LogP contribution in [0.4, 0.5) is 5.69 Å². The van der Waals surface area contributed by atoms with Gasteiger partial charge in [-0.15, -0.1) is 0 Å². The monoisotopic (exact) mass is 263 g/mol. The van der Waals surface area contributed by atoms with Crippen LogP contribution in [-0.2, 0) is 16.1 Å². The molecule has 1 heterocycles. The highest BCUT2D eigenvalue weighted by atomic mass is 16.5. The van der Waals surface area contributed by atoms with Gasteiger partial charge in [0.05, 0.1) is 17.6 Å². The minimum atomic E-state index is -0.814. The Balaban J connectivity index is 2.65. The van der Waals surface area contributed by atoms with Gasteiger partial charge in [-0.05, 0) is 25.1 Å². The molecule has 0 saturated heterocycles. The SMILES string of the molecule is CCOC(=O)Cn1c(=O)c(=O)[nH]c2ccc(N)cc21. The van der Waals surface area contributed by atoms with Crippen LogP contribution < -0.4 is 16.9 Å². The highest BCUT2D eigenvalue weighted by Gasteiger charge is 2.12. The summed E-state index contributed by atoms with van der Waals surface area (Å²) in [6, 6.07) is 4.69. The van der Waals surface area contributed by atoms with Gasteiger partial charge >= 0.3 is 17.1 Å². The van der Waals surface area contributed by atoms with Crippen molar-refractivity contribution >= 4 is 22.7 Å². The van der Waals surface area contributed by atoms with Crippen molar-refractivity contribution in [1.29, 1.82) is 0 Å². The third kappa shape index (κ3) is 2.49. The number of carbonyl (C=O) groups is 1. The summed E-state index contributed by atoms with van der Waals surface area (Å²) in [6.45, 7) is 1.54. The Hall–Kier alpha value is -2.57. The van der Waals surface area contributed by atoms with Gasteiger partial charge in [-0.3, -0.25) is 19.0 Å². The molecule has 0 amide bonds. The number of rotatable bonds is 3. The molecule has 0 aliphatic carbocycles. The van der Waals surface area contributed by atoms with E-state index in [9.17, 15) is 14.4 Å². The van der Waals surface area contributed by atoms with Crippen LogP contribution in [0.2, 0.25) is 0 Å². The Labute approximate surface area is 107 Å². The molecule has 100 valence electrons. The molecule has 2 aromatic rings. The molecule has 0 saturated carbocycles. The molecule has 2 rings (SSSR count). The van der Waals surface area contributed by atoms with E-state index in [0.717, 1.165) is 4.57 Å². The third-order valence-corrected chi connectivity index (χ3v) is 2.59. The van der Waals surface area contributed by atoms with Crippen LogP contribution in [0.1, 0.15) is 6.92 Å². The number of nitrogens with two attached hydrogens (primary N) is 1. The van der Waals surface area contributed by atoms with Crippen molar-refractivity contribution in [2.45, 2.75) is 13.5 Å². The number of nitrogen functional groups attached to an aromatic ring is 1. The predicted molar refractivity (Wildman–Crippen MR) is 69.9 cm³/mol. The highest BCUT2D eigenvalue weighted by Crippen LogP contribution is 2.12. The standard InChI is InChI=1S/C12H13N3O4/c1-2-19-10(16)6-15-9-5-7(13)3-4-8(9)14-11(17)12(15)18/h3-5H,2,6,13H2,1H3,(H,14,17). The van der Waals surface area contributed by atoms with E-state index in [1.165, 1.54) is 6.07 Å². The summed E-state index contributed by atoms with van der Waals surface area (Å²) in [5.41, 5.74) is 5.29. The summed E-state index contributed by atoms with van der Waals surface area (Å²) in [7, 11) is 0. The molecule has 0 spiro atoms. The Morgan fingerprint density at radius 2 is 2.16 bits per heavy atom. The van der Waals surface area contributed by atoms with Gasteiger partial charge in [0.2, 0.25) is 0 Å². The van der Waals surface area contributed by atoms with Crippen LogP contribution in [0.5, 0.6) is 0 Å². The maximum Gasteiger partial charge on any atom is 0.326 e. The van der Waals surface area contributed by atoms with Gasteiger partial charge in [0.25, 0.3) is 0 Å². The van der Waals surface area contributed by atoms with Gasteiger partial charge < -0.3 is 15.5 Å². The lowest BCUT2D eigenvalue weighted by Crippen LogP contribution is -2.38. The predicted octanol–water partition coefficient (Wildman–Crippen LogP) is -0.165. The summed E-state index contributed by atoms with van der Waals surface area (Å²) in [4.78, 5) is 37.2.